The molecule has 1 nitrogen and oxygen atoms in total. The SMILES string of the molecule is CC1CC2CCC3(c4ccccc4-c4cc5c(cc43)[nH]c3ccccc35)C(C1)C2. The van der Waals surface area contributed by atoms with Crippen molar-refractivity contribution in [1.82, 2.24) is 4.98 Å². The first-order valence-corrected chi connectivity index (χ1v) is 11.4. The number of hydrogen-bond acceptors (Lipinski definition) is 0. The van der Waals surface area contributed by atoms with E-state index < -0.39 is 0 Å². The number of para-hydroxylation sites is 1. The molecule has 7 rings (SSSR count). The van der Waals surface area contributed by atoms with Gasteiger partial charge in [-0.05, 0) is 90.3 Å². The van der Waals surface area contributed by atoms with E-state index >= 15 is 0 Å². The molecule has 0 saturated heterocycles. The van der Waals surface area contributed by atoms with Gasteiger partial charge in [-0.3, -0.25) is 0 Å². The molecule has 4 unspecified atom stereocenters. The summed E-state index contributed by atoms with van der Waals surface area (Å²) in [6, 6.07) is 23.1. The Morgan fingerprint density at radius 3 is 2.62 bits per heavy atom. The molecule has 4 atom stereocenters. The fraction of sp³-hybridized carbons (Fsp3) is 0.357. The minimum Gasteiger partial charge on any atom is -0.355 e. The maximum Gasteiger partial charge on any atom is 0.0468 e. The molecule has 1 heterocycles. The van der Waals surface area contributed by atoms with E-state index in [2.05, 4.69) is 72.6 Å². The molecule has 3 aromatic carbocycles. The van der Waals surface area contributed by atoms with Crippen molar-refractivity contribution in [1.29, 1.82) is 0 Å². The minimum absolute atomic E-state index is 0.225. The lowest BCUT2D eigenvalue weighted by Gasteiger charge is -2.50. The van der Waals surface area contributed by atoms with Crippen LogP contribution in [0.3, 0.4) is 0 Å². The summed E-state index contributed by atoms with van der Waals surface area (Å²) in [5.41, 5.74) is 9.00. The third-order valence-corrected chi connectivity index (χ3v) is 8.51. The molecular weight excluding hydrogens is 350 g/mol. The van der Waals surface area contributed by atoms with Gasteiger partial charge in [0.15, 0.2) is 0 Å². The highest BCUT2D eigenvalue weighted by Gasteiger charge is 2.53. The van der Waals surface area contributed by atoms with Crippen LogP contribution < -0.4 is 0 Å². The van der Waals surface area contributed by atoms with Crippen molar-refractivity contribution in [2.24, 2.45) is 17.8 Å². The molecular formula is C28H27N. The van der Waals surface area contributed by atoms with Gasteiger partial charge < -0.3 is 4.98 Å². The summed E-state index contributed by atoms with van der Waals surface area (Å²) in [4.78, 5) is 3.72. The molecule has 144 valence electrons. The number of rotatable bonds is 0. The zero-order valence-electron chi connectivity index (χ0n) is 17.0. The number of H-pyrrole nitrogens is 1. The number of nitrogens with one attached hydrogen (secondary N) is 1. The molecule has 2 saturated carbocycles. The largest absolute Gasteiger partial charge is 0.355 e. The molecule has 2 fully saturated rings. The van der Waals surface area contributed by atoms with Gasteiger partial charge in [0.2, 0.25) is 0 Å². The lowest BCUT2D eigenvalue weighted by Crippen LogP contribution is -2.44. The lowest BCUT2D eigenvalue weighted by molar-refractivity contribution is 0.0856. The molecule has 1 spiro atoms. The van der Waals surface area contributed by atoms with Crippen molar-refractivity contribution in [3.8, 4) is 11.1 Å². The summed E-state index contributed by atoms with van der Waals surface area (Å²) in [6.07, 6.45) is 6.96. The van der Waals surface area contributed by atoms with Gasteiger partial charge in [0.05, 0.1) is 0 Å². The predicted octanol–water partition coefficient (Wildman–Crippen LogP) is 7.43. The second-order valence-electron chi connectivity index (χ2n) is 10.0. The van der Waals surface area contributed by atoms with E-state index in [0.717, 1.165) is 17.8 Å². The van der Waals surface area contributed by atoms with E-state index in [-0.39, 0.29) is 5.41 Å². The quantitative estimate of drug-likeness (QED) is 0.328. The van der Waals surface area contributed by atoms with E-state index in [1.54, 1.807) is 11.1 Å². The average Bonchev–Trinajstić information content (AvgIpc) is 3.23. The van der Waals surface area contributed by atoms with Crippen LogP contribution in [-0.4, -0.2) is 4.98 Å². The normalized spacial score (nSPS) is 30.0. The highest BCUT2D eigenvalue weighted by atomic mass is 14.7. The third-order valence-electron chi connectivity index (χ3n) is 8.51. The monoisotopic (exact) mass is 377 g/mol. The van der Waals surface area contributed by atoms with Crippen molar-refractivity contribution in [2.45, 2.75) is 44.4 Å². The van der Waals surface area contributed by atoms with E-state index in [1.165, 1.54) is 65.0 Å². The van der Waals surface area contributed by atoms with E-state index in [0.29, 0.717) is 0 Å². The Morgan fingerprint density at radius 1 is 0.793 bits per heavy atom. The molecule has 1 N–H and O–H groups in total. The maximum atomic E-state index is 3.72. The molecule has 29 heavy (non-hydrogen) atoms. The molecule has 2 bridgehead atoms. The fourth-order valence-electron chi connectivity index (χ4n) is 7.47. The van der Waals surface area contributed by atoms with Crippen molar-refractivity contribution >= 4 is 21.8 Å². The van der Waals surface area contributed by atoms with Crippen LogP contribution in [0.2, 0.25) is 0 Å². The van der Waals surface area contributed by atoms with E-state index in [1.807, 2.05) is 0 Å². The Morgan fingerprint density at radius 2 is 1.66 bits per heavy atom. The van der Waals surface area contributed by atoms with Gasteiger partial charge in [0, 0.05) is 27.2 Å². The highest BCUT2D eigenvalue weighted by molar-refractivity contribution is 6.09. The second-order valence-corrected chi connectivity index (χ2v) is 10.0. The zero-order valence-corrected chi connectivity index (χ0v) is 17.0. The third kappa shape index (κ3) is 2.01. The Hall–Kier alpha value is -2.54. The summed E-state index contributed by atoms with van der Waals surface area (Å²) in [5.74, 6) is 2.60. The maximum absolute atomic E-state index is 3.72. The first-order chi connectivity index (χ1) is 14.2. The van der Waals surface area contributed by atoms with Crippen LogP contribution in [0.4, 0.5) is 0 Å². The van der Waals surface area contributed by atoms with Crippen molar-refractivity contribution < 1.29 is 0 Å². The van der Waals surface area contributed by atoms with Gasteiger partial charge >= 0.3 is 0 Å². The van der Waals surface area contributed by atoms with E-state index in [9.17, 15) is 0 Å². The summed E-state index contributed by atoms with van der Waals surface area (Å²) >= 11 is 0. The number of aromatic amines is 1. The standard InChI is InChI=1S/C28H27N/c1-17-12-18-10-11-28(19(13-17)14-18)24-8-4-2-6-20(24)22-15-23-21-7-3-5-9-26(21)29-27(23)16-25(22)28/h2-9,15-19,29H,10-14H2,1H3. The van der Waals surface area contributed by atoms with Crippen molar-refractivity contribution in [3.05, 3.63) is 71.8 Å². The Kier molecular flexibility index (Phi) is 3.11. The molecule has 3 aliphatic carbocycles. The van der Waals surface area contributed by atoms with Crippen molar-refractivity contribution in [2.75, 3.05) is 0 Å². The molecule has 1 aromatic heterocycles. The number of hydrogen-bond donors (Lipinski definition) is 1. The predicted molar refractivity (Wildman–Crippen MR) is 121 cm³/mol. The van der Waals surface area contributed by atoms with Crippen LogP contribution in [-0.2, 0) is 5.41 Å². The number of benzene rings is 3. The first kappa shape index (κ1) is 16.3. The molecule has 4 aromatic rings. The first-order valence-electron chi connectivity index (χ1n) is 11.4. The zero-order chi connectivity index (χ0) is 19.2. The Bertz CT molecular complexity index is 1280. The summed E-state index contributed by atoms with van der Waals surface area (Å²) in [5, 5.41) is 2.72. The van der Waals surface area contributed by atoms with E-state index in [4.69, 9.17) is 0 Å². The number of fused-ring (bicyclic) bond motifs is 11. The lowest BCUT2D eigenvalue weighted by atomic mass is 9.53. The molecule has 0 aliphatic heterocycles. The van der Waals surface area contributed by atoms with Crippen LogP contribution in [0.5, 0.6) is 0 Å². The van der Waals surface area contributed by atoms with Crippen molar-refractivity contribution in [3.63, 3.8) is 0 Å². The fourth-order valence-corrected chi connectivity index (χ4v) is 7.47. The highest BCUT2D eigenvalue weighted by Crippen LogP contribution is 2.62. The van der Waals surface area contributed by atoms with Gasteiger partial charge in [0.25, 0.3) is 0 Å². The average molecular weight is 378 g/mol. The minimum atomic E-state index is 0.225. The molecule has 0 amide bonds. The Labute approximate surface area is 172 Å². The summed E-state index contributed by atoms with van der Waals surface area (Å²) < 4.78 is 0. The van der Waals surface area contributed by atoms with Gasteiger partial charge in [-0.25, -0.2) is 0 Å². The second kappa shape index (κ2) is 5.53. The molecule has 0 radical (unpaired) electrons. The van der Waals surface area contributed by atoms with Crippen LogP contribution in [0, 0.1) is 17.8 Å². The molecule has 1 heteroatoms. The van der Waals surface area contributed by atoms with Gasteiger partial charge in [0.1, 0.15) is 0 Å². The number of aromatic nitrogens is 1. The van der Waals surface area contributed by atoms with Crippen LogP contribution in [0.1, 0.15) is 50.2 Å². The van der Waals surface area contributed by atoms with Crippen LogP contribution >= 0.6 is 0 Å². The topological polar surface area (TPSA) is 15.8 Å². The summed E-state index contributed by atoms with van der Waals surface area (Å²) in [7, 11) is 0. The smallest absolute Gasteiger partial charge is 0.0468 e. The van der Waals surface area contributed by atoms with Gasteiger partial charge in [-0.1, -0.05) is 49.4 Å². The van der Waals surface area contributed by atoms with Crippen LogP contribution in [0.15, 0.2) is 60.7 Å². The van der Waals surface area contributed by atoms with Gasteiger partial charge in [-0.15, -0.1) is 0 Å². The Balaban J connectivity index is 1.55. The summed E-state index contributed by atoms with van der Waals surface area (Å²) in [6.45, 7) is 2.49. The van der Waals surface area contributed by atoms with Crippen LogP contribution in [0.25, 0.3) is 32.9 Å². The molecule has 3 aliphatic rings. The van der Waals surface area contributed by atoms with Gasteiger partial charge in [-0.2, -0.15) is 0 Å².